The number of carbonyl (C=O) groups is 1. The molecule has 2 heterocycles. The molecule has 0 radical (unpaired) electrons. The minimum absolute atomic E-state index is 0.163. The predicted molar refractivity (Wildman–Crippen MR) is 110 cm³/mol. The van der Waals surface area contributed by atoms with E-state index in [4.69, 9.17) is 5.26 Å². The van der Waals surface area contributed by atoms with E-state index in [1.165, 1.54) is 11.8 Å². The monoisotopic (exact) mass is 372 g/mol. The van der Waals surface area contributed by atoms with Crippen LogP contribution in [0.5, 0.6) is 0 Å². The number of hydrogen-bond acceptors (Lipinski definition) is 4. The first-order valence-electron chi connectivity index (χ1n) is 8.46. The molecule has 1 aliphatic heterocycles. The summed E-state index contributed by atoms with van der Waals surface area (Å²) in [5, 5.41) is 13.5. The molecule has 1 amide bonds. The van der Waals surface area contributed by atoms with Gasteiger partial charge >= 0.3 is 0 Å². The zero-order valence-electron chi connectivity index (χ0n) is 14.6. The molecule has 6 heteroatoms. The Morgan fingerprint density at radius 1 is 1.22 bits per heavy atom. The number of aromatic nitrogens is 1. The predicted octanol–water partition coefficient (Wildman–Crippen LogP) is 4.36. The summed E-state index contributed by atoms with van der Waals surface area (Å²) in [6.45, 7) is 2.25. The van der Waals surface area contributed by atoms with Crippen LogP contribution in [-0.4, -0.2) is 15.6 Å². The molecule has 1 N–H and O–H groups in total. The Morgan fingerprint density at radius 2 is 2.00 bits per heavy atom. The molecule has 1 saturated heterocycles. The summed E-state index contributed by atoms with van der Waals surface area (Å²) in [7, 11) is 0. The van der Waals surface area contributed by atoms with Gasteiger partial charge in [-0.1, -0.05) is 36.4 Å². The summed E-state index contributed by atoms with van der Waals surface area (Å²) in [5.41, 5.74) is 3.78. The highest BCUT2D eigenvalue weighted by molar-refractivity contribution is 8.18. The Hall–Kier alpha value is -3.30. The number of carbonyl (C=O) groups excluding carboxylic acids is 1. The molecule has 0 bridgehead atoms. The van der Waals surface area contributed by atoms with E-state index < -0.39 is 0 Å². The first-order valence-corrected chi connectivity index (χ1v) is 9.27. The highest BCUT2D eigenvalue weighted by atomic mass is 32.2. The van der Waals surface area contributed by atoms with Crippen molar-refractivity contribution < 1.29 is 4.79 Å². The lowest BCUT2D eigenvalue weighted by molar-refractivity contribution is -0.115. The van der Waals surface area contributed by atoms with E-state index in [9.17, 15) is 4.79 Å². The highest BCUT2D eigenvalue weighted by Gasteiger charge is 2.24. The number of aryl methyl sites for hydroxylation is 1. The Kier molecular flexibility index (Phi) is 4.53. The molecule has 2 aromatic carbocycles. The van der Waals surface area contributed by atoms with Gasteiger partial charge in [-0.05, 0) is 42.5 Å². The van der Waals surface area contributed by atoms with Crippen molar-refractivity contribution in [1.29, 1.82) is 5.26 Å². The molecule has 1 aromatic heterocycles. The number of thioether (sulfide) groups is 1. The SMILES string of the molecule is Cc1ccccc1N=C1NC(=O)/C(=C/c2cn(CC#N)c3ccccc23)S1. The van der Waals surface area contributed by atoms with Gasteiger partial charge < -0.3 is 9.88 Å². The van der Waals surface area contributed by atoms with Crippen LogP contribution in [0.15, 0.2) is 64.6 Å². The van der Waals surface area contributed by atoms with E-state index in [1.54, 1.807) is 0 Å². The Balaban J connectivity index is 1.69. The molecule has 27 heavy (non-hydrogen) atoms. The molecule has 1 aliphatic rings. The van der Waals surface area contributed by atoms with Crippen molar-refractivity contribution in [3.05, 3.63) is 70.8 Å². The standard InChI is InChI=1S/C21H16N4OS/c1-14-6-2-4-8-17(14)23-21-24-20(26)19(27-21)12-15-13-25(11-10-22)18-9-5-3-7-16(15)18/h2-9,12-13H,11H2,1H3,(H,23,24,26)/b19-12-. The van der Waals surface area contributed by atoms with Crippen LogP contribution in [-0.2, 0) is 11.3 Å². The maximum Gasteiger partial charge on any atom is 0.264 e. The van der Waals surface area contributed by atoms with Gasteiger partial charge in [0.05, 0.1) is 16.7 Å². The Morgan fingerprint density at radius 3 is 2.81 bits per heavy atom. The molecule has 5 nitrogen and oxygen atoms in total. The first kappa shape index (κ1) is 17.1. The maximum atomic E-state index is 12.4. The zero-order valence-corrected chi connectivity index (χ0v) is 15.5. The smallest absolute Gasteiger partial charge is 0.264 e. The highest BCUT2D eigenvalue weighted by Crippen LogP contribution is 2.31. The fourth-order valence-electron chi connectivity index (χ4n) is 3.02. The quantitative estimate of drug-likeness (QED) is 0.694. The van der Waals surface area contributed by atoms with Crippen LogP contribution in [0.25, 0.3) is 17.0 Å². The van der Waals surface area contributed by atoms with Gasteiger partial charge in [0.15, 0.2) is 5.17 Å². The van der Waals surface area contributed by atoms with Gasteiger partial charge in [-0.15, -0.1) is 0 Å². The van der Waals surface area contributed by atoms with Crippen LogP contribution >= 0.6 is 11.8 Å². The van der Waals surface area contributed by atoms with Crippen molar-refractivity contribution in [2.75, 3.05) is 0 Å². The van der Waals surface area contributed by atoms with Gasteiger partial charge in [0, 0.05) is 22.7 Å². The summed E-state index contributed by atoms with van der Waals surface area (Å²) in [5.74, 6) is -0.163. The number of hydrogen-bond donors (Lipinski definition) is 1. The Bertz CT molecular complexity index is 1150. The van der Waals surface area contributed by atoms with Crippen LogP contribution in [0, 0.1) is 18.3 Å². The van der Waals surface area contributed by atoms with Crippen LogP contribution in [0.4, 0.5) is 5.69 Å². The van der Waals surface area contributed by atoms with E-state index in [1.807, 2.05) is 72.3 Å². The number of nitrogens with zero attached hydrogens (tertiary/aromatic N) is 3. The van der Waals surface area contributed by atoms with Crippen molar-refractivity contribution >= 4 is 45.5 Å². The van der Waals surface area contributed by atoms with Gasteiger partial charge in [0.25, 0.3) is 5.91 Å². The van der Waals surface area contributed by atoms with E-state index in [2.05, 4.69) is 16.4 Å². The van der Waals surface area contributed by atoms with Crippen molar-refractivity contribution in [3.63, 3.8) is 0 Å². The van der Waals surface area contributed by atoms with E-state index in [-0.39, 0.29) is 12.5 Å². The Labute approximate surface area is 161 Å². The van der Waals surface area contributed by atoms with E-state index >= 15 is 0 Å². The molecule has 0 aliphatic carbocycles. The number of aliphatic imine (C=N–C) groups is 1. The fraction of sp³-hybridized carbons (Fsp3) is 0.0952. The molecular weight excluding hydrogens is 356 g/mol. The largest absolute Gasteiger partial charge is 0.333 e. The lowest BCUT2D eigenvalue weighted by Crippen LogP contribution is -2.19. The van der Waals surface area contributed by atoms with Crippen molar-refractivity contribution in [2.24, 2.45) is 4.99 Å². The number of fused-ring (bicyclic) bond motifs is 1. The molecule has 4 rings (SSSR count). The summed E-state index contributed by atoms with van der Waals surface area (Å²) >= 11 is 1.32. The molecule has 132 valence electrons. The summed E-state index contributed by atoms with van der Waals surface area (Å²) < 4.78 is 1.89. The minimum atomic E-state index is -0.163. The molecule has 0 unspecified atom stereocenters. The van der Waals surface area contributed by atoms with Crippen molar-refractivity contribution in [1.82, 2.24) is 9.88 Å². The molecule has 0 atom stereocenters. The second-order valence-corrected chi connectivity index (χ2v) is 7.19. The third-order valence-electron chi connectivity index (χ3n) is 4.34. The number of nitriles is 1. The molecule has 0 spiro atoms. The number of amides is 1. The molecule has 0 saturated carbocycles. The number of rotatable bonds is 3. The third-order valence-corrected chi connectivity index (χ3v) is 5.25. The second-order valence-electron chi connectivity index (χ2n) is 6.16. The topological polar surface area (TPSA) is 70.2 Å². The molecule has 1 fully saturated rings. The summed E-state index contributed by atoms with van der Waals surface area (Å²) in [6.07, 6.45) is 3.77. The van der Waals surface area contributed by atoms with Crippen molar-refractivity contribution in [3.8, 4) is 6.07 Å². The lowest BCUT2D eigenvalue weighted by atomic mass is 10.1. The van der Waals surface area contributed by atoms with Crippen LogP contribution in [0.1, 0.15) is 11.1 Å². The number of amidine groups is 1. The average molecular weight is 372 g/mol. The van der Waals surface area contributed by atoms with Gasteiger partial charge in [-0.25, -0.2) is 4.99 Å². The fourth-order valence-corrected chi connectivity index (χ4v) is 3.84. The first-order chi connectivity index (χ1) is 13.2. The second kappa shape index (κ2) is 7.14. The number of para-hydroxylation sites is 2. The minimum Gasteiger partial charge on any atom is -0.333 e. The van der Waals surface area contributed by atoms with E-state index in [0.29, 0.717) is 10.1 Å². The van der Waals surface area contributed by atoms with Gasteiger partial charge in [0.1, 0.15) is 6.54 Å². The summed E-state index contributed by atoms with van der Waals surface area (Å²) in [6, 6.07) is 17.8. The average Bonchev–Trinajstić information content (AvgIpc) is 3.19. The number of nitrogens with one attached hydrogen (secondary N) is 1. The zero-order chi connectivity index (χ0) is 18.8. The van der Waals surface area contributed by atoms with Crippen LogP contribution in [0.3, 0.4) is 0 Å². The maximum absolute atomic E-state index is 12.4. The molecular formula is C21H16N4OS. The normalized spacial score (nSPS) is 16.8. The van der Waals surface area contributed by atoms with Crippen LogP contribution in [0.2, 0.25) is 0 Å². The number of benzene rings is 2. The van der Waals surface area contributed by atoms with Gasteiger partial charge in [-0.3, -0.25) is 4.79 Å². The van der Waals surface area contributed by atoms with Gasteiger partial charge in [0.2, 0.25) is 0 Å². The van der Waals surface area contributed by atoms with Crippen molar-refractivity contribution in [2.45, 2.75) is 13.5 Å². The lowest BCUT2D eigenvalue weighted by Gasteiger charge is -1.99. The van der Waals surface area contributed by atoms with E-state index in [0.717, 1.165) is 27.7 Å². The third kappa shape index (κ3) is 3.37. The van der Waals surface area contributed by atoms with Crippen LogP contribution < -0.4 is 5.32 Å². The van der Waals surface area contributed by atoms with Gasteiger partial charge in [-0.2, -0.15) is 5.26 Å². The molecule has 3 aromatic rings. The summed E-state index contributed by atoms with van der Waals surface area (Å²) in [4.78, 5) is 17.5.